The minimum absolute atomic E-state index is 0.957. The van der Waals surface area contributed by atoms with E-state index in [1.165, 1.54) is 37.8 Å². The van der Waals surface area contributed by atoms with E-state index in [1.807, 2.05) is 0 Å². The predicted octanol–water partition coefficient (Wildman–Crippen LogP) is 8.14. The van der Waals surface area contributed by atoms with Crippen LogP contribution in [0.15, 0.2) is 101 Å². The van der Waals surface area contributed by atoms with Gasteiger partial charge in [-0.1, -0.05) is 78.9 Å². The summed E-state index contributed by atoms with van der Waals surface area (Å²) in [4.78, 5) is 0. The Balaban J connectivity index is 1.89. The number of furan rings is 1. The van der Waals surface area contributed by atoms with E-state index in [9.17, 15) is 0 Å². The molecule has 31 heavy (non-hydrogen) atoms. The number of para-hydroxylation sites is 3. The molecule has 0 aliphatic heterocycles. The molecule has 7 aromatic rings. The standard InChI is InChI=1S/C29H19NO/c1-18-10-9-16-23-26-21-14-6-5-13-20(21)25-22-15-7-8-17-24(22)30(19-11-3-2-4-12-19)27(25)29(26)31-28(18)23/h2-17H,1H3. The van der Waals surface area contributed by atoms with E-state index in [2.05, 4.69) is 109 Å². The van der Waals surface area contributed by atoms with Gasteiger partial charge in [0.05, 0.1) is 11.0 Å². The highest BCUT2D eigenvalue weighted by Gasteiger charge is 2.22. The quantitative estimate of drug-likeness (QED) is 0.273. The average molecular weight is 397 g/mol. The summed E-state index contributed by atoms with van der Waals surface area (Å²) < 4.78 is 9.03. The summed E-state index contributed by atoms with van der Waals surface area (Å²) in [5.74, 6) is 0. The summed E-state index contributed by atoms with van der Waals surface area (Å²) in [5.41, 5.74) is 6.56. The van der Waals surface area contributed by atoms with Gasteiger partial charge in [0.25, 0.3) is 0 Å². The molecule has 0 atom stereocenters. The molecule has 0 aliphatic carbocycles. The second-order valence-electron chi connectivity index (χ2n) is 8.22. The van der Waals surface area contributed by atoms with Crippen LogP contribution >= 0.6 is 0 Å². The number of aryl methyl sites for hydroxylation is 1. The first-order valence-electron chi connectivity index (χ1n) is 10.6. The first kappa shape index (κ1) is 16.7. The molecule has 7 rings (SSSR count). The maximum atomic E-state index is 6.68. The van der Waals surface area contributed by atoms with Crippen LogP contribution in [0, 0.1) is 6.92 Å². The van der Waals surface area contributed by atoms with Gasteiger partial charge in [-0.2, -0.15) is 0 Å². The molecule has 0 radical (unpaired) electrons. The third kappa shape index (κ3) is 2.11. The lowest BCUT2D eigenvalue weighted by Crippen LogP contribution is -1.93. The van der Waals surface area contributed by atoms with Crippen molar-refractivity contribution in [3.05, 3.63) is 103 Å². The molecule has 2 aromatic heterocycles. The first-order valence-corrected chi connectivity index (χ1v) is 10.6. The Morgan fingerprint density at radius 3 is 2.00 bits per heavy atom. The monoisotopic (exact) mass is 397 g/mol. The number of benzene rings is 5. The highest BCUT2D eigenvalue weighted by Crippen LogP contribution is 2.45. The summed E-state index contributed by atoms with van der Waals surface area (Å²) in [5, 5.41) is 7.38. The fourth-order valence-corrected chi connectivity index (χ4v) is 5.19. The van der Waals surface area contributed by atoms with Gasteiger partial charge in [0.15, 0.2) is 5.58 Å². The lowest BCUT2D eigenvalue weighted by atomic mass is 9.98. The van der Waals surface area contributed by atoms with Crippen molar-refractivity contribution in [3.63, 3.8) is 0 Å². The molecule has 0 bridgehead atoms. The molecular weight excluding hydrogens is 378 g/mol. The summed E-state index contributed by atoms with van der Waals surface area (Å²) >= 11 is 0. The SMILES string of the molecule is Cc1cccc2c1oc1c2c2ccccc2c2c3ccccc3n(-c3ccccc3)c12. The van der Waals surface area contributed by atoms with E-state index in [4.69, 9.17) is 4.42 Å². The molecule has 0 saturated carbocycles. The van der Waals surface area contributed by atoms with Crippen LogP contribution in [-0.4, -0.2) is 4.57 Å². The molecule has 2 heterocycles. The van der Waals surface area contributed by atoms with E-state index in [0.717, 1.165) is 27.9 Å². The van der Waals surface area contributed by atoms with E-state index < -0.39 is 0 Å². The lowest BCUT2D eigenvalue weighted by Gasteiger charge is -2.09. The van der Waals surface area contributed by atoms with Crippen LogP contribution < -0.4 is 0 Å². The zero-order valence-corrected chi connectivity index (χ0v) is 17.1. The van der Waals surface area contributed by atoms with Crippen molar-refractivity contribution in [3.8, 4) is 5.69 Å². The number of hydrogen-bond donors (Lipinski definition) is 0. The summed E-state index contributed by atoms with van der Waals surface area (Å²) in [6, 6.07) is 34.4. The van der Waals surface area contributed by atoms with Gasteiger partial charge in [0.1, 0.15) is 5.58 Å². The molecule has 2 heteroatoms. The molecule has 146 valence electrons. The van der Waals surface area contributed by atoms with Crippen molar-refractivity contribution in [2.45, 2.75) is 6.92 Å². The minimum Gasteiger partial charge on any atom is -0.454 e. The molecule has 0 aliphatic rings. The van der Waals surface area contributed by atoms with Gasteiger partial charge in [-0.05, 0) is 41.5 Å². The minimum atomic E-state index is 0.957. The van der Waals surface area contributed by atoms with E-state index >= 15 is 0 Å². The zero-order valence-electron chi connectivity index (χ0n) is 17.1. The van der Waals surface area contributed by atoms with Gasteiger partial charge < -0.3 is 8.98 Å². The number of nitrogens with zero attached hydrogens (tertiary/aromatic N) is 1. The molecule has 0 saturated heterocycles. The summed E-state index contributed by atoms with van der Waals surface area (Å²) in [6.45, 7) is 2.12. The first-order chi connectivity index (χ1) is 15.3. The van der Waals surface area contributed by atoms with Crippen LogP contribution in [0.5, 0.6) is 0 Å². The van der Waals surface area contributed by atoms with Crippen LogP contribution in [0.4, 0.5) is 0 Å². The molecule has 0 spiro atoms. The number of hydrogen-bond acceptors (Lipinski definition) is 1. The Hall–Kier alpha value is -4.04. The highest BCUT2D eigenvalue weighted by molar-refractivity contribution is 6.35. The summed E-state index contributed by atoms with van der Waals surface area (Å²) in [7, 11) is 0. The number of rotatable bonds is 1. The Bertz CT molecular complexity index is 1780. The second-order valence-corrected chi connectivity index (χ2v) is 8.22. The second kappa shape index (κ2) is 5.99. The van der Waals surface area contributed by atoms with Gasteiger partial charge in [-0.25, -0.2) is 0 Å². The largest absolute Gasteiger partial charge is 0.454 e. The number of fused-ring (bicyclic) bond motifs is 10. The van der Waals surface area contributed by atoms with Gasteiger partial charge in [0.2, 0.25) is 0 Å². The van der Waals surface area contributed by atoms with Crippen LogP contribution in [0.25, 0.3) is 60.2 Å². The third-order valence-corrected chi connectivity index (χ3v) is 6.48. The predicted molar refractivity (Wildman–Crippen MR) is 130 cm³/mol. The van der Waals surface area contributed by atoms with Crippen molar-refractivity contribution in [2.24, 2.45) is 0 Å². The van der Waals surface area contributed by atoms with Crippen molar-refractivity contribution in [2.75, 3.05) is 0 Å². The van der Waals surface area contributed by atoms with Crippen LogP contribution in [0.1, 0.15) is 5.56 Å². The van der Waals surface area contributed by atoms with E-state index in [1.54, 1.807) is 0 Å². The normalized spacial score (nSPS) is 12.0. The van der Waals surface area contributed by atoms with Gasteiger partial charge in [-0.3, -0.25) is 0 Å². The van der Waals surface area contributed by atoms with Crippen LogP contribution in [0.2, 0.25) is 0 Å². The average Bonchev–Trinajstić information content (AvgIpc) is 3.37. The molecular formula is C29H19NO. The van der Waals surface area contributed by atoms with Crippen molar-refractivity contribution in [1.82, 2.24) is 4.57 Å². The molecule has 5 aromatic carbocycles. The Morgan fingerprint density at radius 1 is 0.548 bits per heavy atom. The van der Waals surface area contributed by atoms with Crippen molar-refractivity contribution >= 4 is 54.5 Å². The van der Waals surface area contributed by atoms with Crippen LogP contribution in [0.3, 0.4) is 0 Å². The van der Waals surface area contributed by atoms with Crippen molar-refractivity contribution < 1.29 is 4.42 Å². The molecule has 2 nitrogen and oxygen atoms in total. The zero-order chi connectivity index (χ0) is 20.5. The van der Waals surface area contributed by atoms with Crippen molar-refractivity contribution in [1.29, 1.82) is 0 Å². The summed E-state index contributed by atoms with van der Waals surface area (Å²) in [6.07, 6.45) is 0. The fraction of sp³-hybridized carbons (Fsp3) is 0.0345. The lowest BCUT2D eigenvalue weighted by molar-refractivity contribution is 0.668. The smallest absolute Gasteiger partial charge is 0.160 e. The Labute approximate surface area is 178 Å². The molecule has 0 N–H and O–H groups in total. The van der Waals surface area contributed by atoms with Gasteiger partial charge in [0, 0.05) is 27.2 Å². The number of aromatic nitrogens is 1. The maximum Gasteiger partial charge on any atom is 0.160 e. The van der Waals surface area contributed by atoms with Gasteiger partial charge >= 0.3 is 0 Å². The maximum absolute atomic E-state index is 6.68. The van der Waals surface area contributed by atoms with Crippen LogP contribution in [-0.2, 0) is 0 Å². The third-order valence-electron chi connectivity index (χ3n) is 6.48. The van der Waals surface area contributed by atoms with E-state index in [0.29, 0.717) is 0 Å². The molecule has 0 fully saturated rings. The van der Waals surface area contributed by atoms with E-state index in [-0.39, 0.29) is 0 Å². The Kier molecular flexibility index (Phi) is 3.23. The fourth-order valence-electron chi connectivity index (χ4n) is 5.19. The molecule has 0 amide bonds. The topological polar surface area (TPSA) is 18.1 Å². The van der Waals surface area contributed by atoms with Gasteiger partial charge in [-0.15, -0.1) is 0 Å². The Morgan fingerprint density at radius 2 is 1.19 bits per heavy atom. The highest BCUT2D eigenvalue weighted by atomic mass is 16.3. The molecule has 0 unspecified atom stereocenters.